The molecular weight excluding hydrogens is 376 g/mol. The van der Waals surface area contributed by atoms with E-state index < -0.39 is 10.0 Å². The minimum atomic E-state index is -3.78. The molecule has 0 heterocycles. The lowest BCUT2D eigenvalue weighted by molar-refractivity contribution is 0.0951. The second-order valence-electron chi connectivity index (χ2n) is 5.69. The Morgan fingerprint density at radius 1 is 1.23 bits per heavy atom. The highest BCUT2D eigenvalue weighted by molar-refractivity contribution is 7.89. The highest BCUT2D eigenvalue weighted by Gasteiger charge is 2.15. The van der Waals surface area contributed by atoms with Crippen molar-refractivity contribution < 1.29 is 17.9 Å². The van der Waals surface area contributed by atoms with Crippen LogP contribution in [0.25, 0.3) is 0 Å². The molecule has 8 heteroatoms. The van der Waals surface area contributed by atoms with Crippen LogP contribution in [0.1, 0.15) is 28.4 Å². The van der Waals surface area contributed by atoms with Gasteiger partial charge in [0, 0.05) is 11.6 Å². The van der Waals surface area contributed by atoms with Crippen molar-refractivity contribution in [2.75, 3.05) is 13.7 Å². The number of aryl methyl sites for hydroxylation is 1. The zero-order valence-electron chi connectivity index (χ0n) is 14.6. The predicted molar refractivity (Wildman–Crippen MR) is 101 cm³/mol. The maximum atomic E-state index is 12.3. The van der Waals surface area contributed by atoms with Crippen LogP contribution in [0.15, 0.2) is 41.3 Å². The molecule has 2 aromatic rings. The first-order valence-electron chi connectivity index (χ1n) is 8.02. The van der Waals surface area contributed by atoms with Gasteiger partial charge in [0.1, 0.15) is 5.75 Å². The summed E-state index contributed by atoms with van der Waals surface area (Å²) < 4.78 is 28.6. The zero-order valence-corrected chi connectivity index (χ0v) is 16.2. The number of primary sulfonamides is 1. The first kappa shape index (κ1) is 20.2. The van der Waals surface area contributed by atoms with Gasteiger partial charge < -0.3 is 10.1 Å². The average molecular weight is 397 g/mol. The first-order chi connectivity index (χ1) is 12.3. The molecule has 0 saturated heterocycles. The molecule has 2 rings (SSSR count). The topological polar surface area (TPSA) is 98.5 Å². The predicted octanol–water partition coefficient (Wildman–Crippen LogP) is 2.53. The lowest BCUT2D eigenvalue weighted by atomic mass is 10.1. The number of sulfonamides is 1. The maximum absolute atomic E-state index is 12.3. The standard InChI is InChI=1S/C18H21ClN2O4S/c1-3-13-5-4-12(10-17(13)26(20,23)24)8-9-21-18(22)15-11-14(19)6-7-16(15)25-2/h4-7,10-11H,3,8-9H2,1-2H3,(H,21,22)(H2,20,23,24). The summed E-state index contributed by atoms with van der Waals surface area (Å²) in [4.78, 5) is 12.5. The maximum Gasteiger partial charge on any atom is 0.255 e. The number of hydrogen-bond donors (Lipinski definition) is 2. The van der Waals surface area contributed by atoms with E-state index in [2.05, 4.69) is 5.32 Å². The number of ether oxygens (including phenoxy) is 1. The summed E-state index contributed by atoms with van der Waals surface area (Å²) in [6, 6.07) is 9.93. The van der Waals surface area contributed by atoms with Crippen LogP contribution in [0.2, 0.25) is 5.02 Å². The van der Waals surface area contributed by atoms with Crippen LogP contribution < -0.4 is 15.2 Å². The fraction of sp³-hybridized carbons (Fsp3) is 0.278. The minimum Gasteiger partial charge on any atom is -0.496 e. The van der Waals surface area contributed by atoms with Crippen LogP contribution in [0.3, 0.4) is 0 Å². The number of hydrogen-bond acceptors (Lipinski definition) is 4. The summed E-state index contributed by atoms with van der Waals surface area (Å²) in [6.45, 7) is 2.19. The van der Waals surface area contributed by atoms with Gasteiger partial charge in [-0.05, 0) is 48.2 Å². The fourth-order valence-corrected chi connectivity index (χ4v) is 3.65. The molecule has 6 nitrogen and oxygen atoms in total. The molecular formula is C18H21ClN2O4S. The number of nitrogens with two attached hydrogens (primary N) is 1. The summed E-state index contributed by atoms with van der Waals surface area (Å²) in [6.07, 6.45) is 1.03. The van der Waals surface area contributed by atoms with E-state index in [9.17, 15) is 13.2 Å². The molecule has 0 spiro atoms. The van der Waals surface area contributed by atoms with Gasteiger partial charge in [-0.25, -0.2) is 13.6 Å². The van der Waals surface area contributed by atoms with Crippen molar-refractivity contribution >= 4 is 27.5 Å². The second kappa shape index (κ2) is 8.53. The zero-order chi connectivity index (χ0) is 19.3. The van der Waals surface area contributed by atoms with Crippen molar-refractivity contribution in [3.8, 4) is 5.75 Å². The molecule has 2 aromatic carbocycles. The van der Waals surface area contributed by atoms with Gasteiger partial charge in [0.2, 0.25) is 10.0 Å². The molecule has 0 saturated carbocycles. The molecule has 26 heavy (non-hydrogen) atoms. The highest BCUT2D eigenvalue weighted by Crippen LogP contribution is 2.22. The average Bonchev–Trinajstić information content (AvgIpc) is 2.60. The van der Waals surface area contributed by atoms with Crippen LogP contribution in [0, 0.1) is 0 Å². The Hall–Kier alpha value is -2.09. The van der Waals surface area contributed by atoms with Crippen molar-refractivity contribution in [2.45, 2.75) is 24.7 Å². The van der Waals surface area contributed by atoms with Crippen molar-refractivity contribution in [2.24, 2.45) is 5.14 Å². The number of amides is 1. The van der Waals surface area contributed by atoms with Crippen LogP contribution >= 0.6 is 11.6 Å². The number of carbonyl (C=O) groups excluding carboxylic acids is 1. The molecule has 140 valence electrons. The van der Waals surface area contributed by atoms with E-state index in [0.29, 0.717) is 41.3 Å². The second-order valence-corrected chi connectivity index (χ2v) is 7.66. The number of benzene rings is 2. The van der Waals surface area contributed by atoms with Gasteiger partial charge in [-0.1, -0.05) is 30.7 Å². The van der Waals surface area contributed by atoms with E-state index in [1.807, 2.05) is 13.0 Å². The molecule has 0 aromatic heterocycles. The molecule has 0 unspecified atom stereocenters. The van der Waals surface area contributed by atoms with Gasteiger partial charge in [-0.3, -0.25) is 4.79 Å². The molecule has 0 bridgehead atoms. The lowest BCUT2D eigenvalue weighted by Gasteiger charge is -2.11. The Kier molecular flexibility index (Phi) is 6.63. The summed E-state index contributed by atoms with van der Waals surface area (Å²) in [7, 11) is -2.31. The van der Waals surface area contributed by atoms with Gasteiger partial charge in [0.15, 0.2) is 0 Å². The number of rotatable bonds is 7. The number of halogens is 1. The SMILES string of the molecule is CCc1ccc(CCNC(=O)c2cc(Cl)ccc2OC)cc1S(N)(=O)=O. The van der Waals surface area contributed by atoms with Gasteiger partial charge in [-0.15, -0.1) is 0 Å². The largest absolute Gasteiger partial charge is 0.496 e. The smallest absolute Gasteiger partial charge is 0.255 e. The van der Waals surface area contributed by atoms with E-state index in [-0.39, 0.29) is 10.8 Å². The third kappa shape index (κ3) is 4.97. The monoisotopic (exact) mass is 396 g/mol. The molecule has 0 aliphatic rings. The van der Waals surface area contributed by atoms with Crippen LogP contribution in [0.5, 0.6) is 5.75 Å². The third-order valence-electron chi connectivity index (χ3n) is 3.92. The van der Waals surface area contributed by atoms with E-state index >= 15 is 0 Å². The molecule has 3 N–H and O–H groups in total. The molecule has 1 amide bonds. The Morgan fingerprint density at radius 2 is 1.96 bits per heavy atom. The van der Waals surface area contributed by atoms with Gasteiger partial charge in [-0.2, -0.15) is 0 Å². The summed E-state index contributed by atoms with van der Waals surface area (Å²) in [5.41, 5.74) is 1.78. The lowest BCUT2D eigenvalue weighted by Crippen LogP contribution is -2.26. The van der Waals surface area contributed by atoms with Crippen molar-refractivity contribution in [3.63, 3.8) is 0 Å². The van der Waals surface area contributed by atoms with E-state index in [0.717, 1.165) is 5.56 Å². The molecule has 0 fully saturated rings. The molecule has 0 aliphatic heterocycles. The van der Waals surface area contributed by atoms with Crippen molar-refractivity contribution in [1.29, 1.82) is 0 Å². The number of carbonyl (C=O) groups is 1. The van der Waals surface area contributed by atoms with Crippen molar-refractivity contribution in [1.82, 2.24) is 5.32 Å². The van der Waals surface area contributed by atoms with E-state index in [1.165, 1.54) is 13.2 Å². The van der Waals surface area contributed by atoms with Crippen LogP contribution in [0.4, 0.5) is 0 Å². The Balaban J connectivity index is 2.09. The van der Waals surface area contributed by atoms with Crippen LogP contribution in [-0.2, 0) is 22.9 Å². The Morgan fingerprint density at radius 3 is 2.58 bits per heavy atom. The number of nitrogens with one attached hydrogen (secondary N) is 1. The fourth-order valence-electron chi connectivity index (χ4n) is 2.58. The summed E-state index contributed by atoms with van der Waals surface area (Å²) in [5.74, 6) is 0.108. The summed E-state index contributed by atoms with van der Waals surface area (Å²) in [5, 5.41) is 8.49. The summed E-state index contributed by atoms with van der Waals surface area (Å²) >= 11 is 5.93. The first-order valence-corrected chi connectivity index (χ1v) is 9.95. The van der Waals surface area contributed by atoms with E-state index in [1.54, 1.807) is 24.3 Å². The van der Waals surface area contributed by atoms with Crippen LogP contribution in [-0.4, -0.2) is 28.0 Å². The van der Waals surface area contributed by atoms with E-state index in [4.69, 9.17) is 21.5 Å². The number of methoxy groups -OCH3 is 1. The van der Waals surface area contributed by atoms with Gasteiger partial charge >= 0.3 is 0 Å². The molecule has 0 radical (unpaired) electrons. The molecule has 0 atom stereocenters. The Labute approximate surface area is 158 Å². The highest BCUT2D eigenvalue weighted by atomic mass is 35.5. The third-order valence-corrected chi connectivity index (χ3v) is 5.15. The van der Waals surface area contributed by atoms with Gasteiger partial charge in [0.05, 0.1) is 17.6 Å². The quantitative estimate of drug-likeness (QED) is 0.751. The minimum absolute atomic E-state index is 0.125. The Bertz CT molecular complexity index is 913. The normalized spacial score (nSPS) is 11.2. The van der Waals surface area contributed by atoms with Gasteiger partial charge in [0.25, 0.3) is 5.91 Å². The van der Waals surface area contributed by atoms with Crippen molar-refractivity contribution in [3.05, 3.63) is 58.1 Å². The molecule has 0 aliphatic carbocycles.